The van der Waals surface area contributed by atoms with Gasteiger partial charge < -0.3 is 5.11 Å². The van der Waals surface area contributed by atoms with Crippen molar-refractivity contribution in [2.45, 2.75) is 38.2 Å². The van der Waals surface area contributed by atoms with Crippen LogP contribution in [-0.4, -0.2) is 5.11 Å². The fourth-order valence-corrected chi connectivity index (χ4v) is 2.07. The summed E-state index contributed by atoms with van der Waals surface area (Å²) in [5, 5.41) is 10.2. The Kier molecular flexibility index (Phi) is 2.31. The van der Waals surface area contributed by atoms with Gasteiger partial charge in [0.15, 0.2) is 0 Å². The molecule has 0 radical (unpaired) electrons. The van der Waals surface area contributed by atoms with E-state index < -0.39 is 5.60 Å². The summed E-state index contributed by atoms with van der Waals surface area (Å²) >= 11 is 0. The minimum absolute atomic E-state index is 0.252. The molecular formula is C12H15FO. The van der Waals surface area contributed by atoms with Crippen LogP contribution in [-0.2, 0) is 12.0 Å². The summed E-state index contributed by atoms with van der Waals surface area (Å²) < 4.78 is 13.1. The molecule has 0 spiro atoms. The summed E-state index contributed by atoms with van der Waals surface area (Å²) in [6.45, 7) is 2.03. The van der Waals surface area contributed by atoms with E-state index in [2.05, 4.69) is 0 Å². The van der Waals surface area contributed by atoms with Crippen molar-refractivity contribution in [3.05, 3.63) is 35.1 Å². The van der Waals surface area contributed by atoms with E-state index >= 15 is 0 Å². The van der Waals surface area contributed by atoms with Crippen LogP contribution in [0.15, 0.2) is 18.2 Å². The molecular weight excluding hydrogens is 179 g/mol. The highest BCUT2D eigenvalue weighted by molar-refractivity contribution is 5.34. The predicted molar refractivity (Wildman–Crippen MR) is 53.5 cm³/mol. The van der Waals surface area contributed by atoms with E-state index in [1.807, 2.05) is 6.92 Å². The molecule has 1 aliphatic rings. The minimum Gasteiger partial charge on any atom is -0.385 e. The quantitative estimate of drug-likeness (QED) is 0.767. The third kappa shape index (κ3) is 1.44. The highest BCUT2D eigenvalue weighted by Gasteiger charge is 2.37. The normalized spacial score (nSPS) is 19.1. The lowest BCUT2D eigenvalue weighted by Crippen LogP contribution is -2.34. The Balaban J connectivity index is 2.43. The number of hydrogen-bond acceptors (Lipinski definition) is 1. The molecule has 0 unspecified atom stereocenters. The number of benzene rings is 1. The molecule has 0 amide bonds. The maximum Gasteiger partial charge on any atom is 0.123 e. The Morgan fingerprint density at radius 1 is 1.43 bits per heavy atom. The van der Waals surface area contributed by atoms with E-state index in [0.717, 1.165) is 36.8 Å². The van der Waals surface area contributed by atoms with Gasteiger partial charge in [-0.3, -0.25) is 0 Å². The molecule has 2 rings (SSSR count). The molecule has 1 aliphatic carbocycles. The minimum atomic E-state index is -0.743. The van der Waals surface area contributed by atoms with Crippen molar-refractivity contribution in [3.8, 4) is 0 Å². The summed E-state index contributed by atoms with van der Waals surface area (Å²) in [6.07, 6.45) is 3.42. The third-order valence-electron chi connectivity index (χ3n) is 3.13. The first-order chi connectivity index (χ1) is 6.65. The van der Waals surface area contributed by atoms with Crippen LogP contribution in [0.2, 0.25) is 0 Å². The predicted octanol–water partition coefficient (Wildman–Crippen LogP) is 2.76. The van der Waals surface area contributed by atoms with E-state index in [4.69, 9.17) is 0 Å². The van der Waals surface area contributed by atoms with Gasteiger partial charge in [-0.05, 0) is 48.9 Å². The van der Waals surface area contributed by atoms with Gasteiger partial charge in [-0.15, -0.1) is 0 Å². The topological polar surface area (TPSA) is 20.2 Å². The molecule has 76 valence electrons. The van der Waals surface area contributed by atoms with Crippen LogP contribution < -0.4 is 0 Å². The number of aliphatic hydroxyl groups is 1. The van der Waals surface area contributed by atoms with E-state index in [9.17, 15) is 9.50 Å². The second-order valence-corrected chi connectivity index (χ2v) is 4.04. The fraction of sp³-hybridized carbons (Fsp3) is 0.500. The molecule has 1 fully saturated rings. The average molecular weight is 194 g/mol. The van der Waals surface area contributed by atoms with Crippen molar-refractivity contribution < 1.29 is 9.50 Å². The first-order valence-electron chi connectivity index (χ1n) is 5.17. The Bertz CT molecular complexity index is 342. The fourth-order valence-electron chi connectivity index (χ4n) is 2.07. The average Bonchev–Trinajstić information content (AvgIpc) is 2.14. The van der Waals surface area contributed by atoms with E-state index in [-0.39, 0.29) is 5.82 Å². The summed E-state index contributed by atoms with van der Waals surface area (Å²) in [5.41, 5.74) is 1.12. The summed E-state index contributed by atoms with van der Waals surface area (Å²) in [4.78, 5) is 0. The van der Waals surface area contributed by atoms with Gasteiger partial charge in [-0.25, -0.2) is 4.39 Å². The molecule has 1 N–H and O–H groups in total. The Labute approximate surface area is 83.6 Å². The number of rotatable bonds is 2. The zero-order chi connectivity index (χ0) is 10.2. The maximum atomic E-state index is 13.1. The highest BCUT2D eigenvalue weighted by atomic mass is 19.1. The highest BCUT2D eigenvalue weighted by Crippen LogP contribution is 2.42. The van der Waals surface area contributed by atoms with Crippen LogP contribution in [0.5, 0.6) is 0 Å². The van der Waals surface area contributed by atoms with E-state index in [1.165, 1.54) is 12.1 Å². The van der Waals surface area contributed by atoms with Gasteiger partial charge in [0.05, 0.1) is 5.60 Å². The van der Waals surface area contributed by atoms with Gasteiger partial charge >= 0.3 is 0 Å². The summed E-state index contributed by atoms with van der Waals surface area (Å²) in [6, 6.07) is 4.73. The first-order valence-corrected chi connectivity index (χ1v) is 5.17. The monoisotopic (exact) mass is 194 g/mol. The van der Waals surface area contributed by atoms with Crippen LogP contribution >= 0.6 is 0 Å². The molecule has 14 heavy (non-hydrogen) atoms. The molecule has 0 atom stereocenters. The second kappa shape index (κ2) is 3.35. The van der Waals surface area contributed by atoms with Gasteiger partial charge in [0, 0.05) is 0 Å². The molecule has 0 aromatic heterocycles. The Morgan fingerprint density at radius 2 is 2.14 bits per heavy atom. The van der Waals surface area contributed by atoms with E-state index in [0.29, 0.717) is 0 Å². The zero-order valence-corrected chi connectivity index (χ0v) is 8.39. The number of aryl methyl sites for hydroxylation is 1. The smallest absolute Gasteiger partial charge is 0.123 e. The van der Waals surface area contributed by atoms with Crippen LogP contribution in [0.1, 0.15) is 37.3 Å². The number of halogens is 1. The SMILES string of the molecule is CCc1ccc(F)cc1C1(O)CCC1. The maximum absolute atomic E-state index is 13.1. The van der Waals surface area contributed by atoms with Gasteiger partial charge in [-0.1, -0.05) is 13.0 Å². The first kappa shape index (κ1) is 9.66. The van der Waals surface area contributed by atoms with E-state index in [1.54, 1.807) is 6.07 Å². The molecule has 2 heteroatoms. The number of hydrogen-bond donors (Lipinski definition) is 1. The lowest BCUT2D eigenvalue weighted by molar-refractivity contribution is -0.0397. The van der Waals surface area contributed by atoms with Crippen LogP contribution in [0.3, 0.4) is 0 Å². The molecule has 0 bridgehead atoms. The van der Waals surface area contributed by atoms with Crippen molar-refractivity contribution >= 4 is 0 Å². The molecule has 0 aliphatic heterocycles. The molecule has 0 heterocycles. The lowest BCUT2D eigenvalue weighted by atomic mass is 9.73. The van der Waals surface area contributed by atoms with Crippen LogP contribution in [0, 0.1) is 5.82 Å². The molecule has 1 aromatic carbocycles. The van der Waals surface area contributed by atoms with Gasteiger partial charge in [0.1, 0.15) is 5.82 Å². The lowest BCUT2D eigenvalue weighted by Gasteiger charge is -2.38. The van der Waals surface area contributed by atoms with Crippen LogP contribution in [0.4, 0.5) is 4.39 Å². The van der Waals surface area contributed by atoms with Crippen molar-refractivity contribution in [1.29, 1.82) is 0 Å². The van der Waals surface area contributed by atoms with Gasteiger partial charge in [-0.2, -0.15) is 0 Å². The molecule has 1 nitrogen and oxygen atoms in total. The van der Waals surface area contributed by atoms with Gasteiger partial charge in [0.25, 0.3) is 0 Å². The zero-order valence-electron chi connectivity index (χ0n) is 8.39. The van der Waals surface area contributed by atoms with Crippen molar-refractivity contribution in [2.75, 3.05) is 0 Å². The molecule has 1 saturated carbocycles. The standard InChI is InChI=1S/C12H15FO/c1-2-9-4-5-10(13)8-11(9)12(14)6-3-7-12/h4-5,8,14H,2-3,6-7H2,1H3. The van der Waals surface area contributed by atoms with Gasteiger partial charge in [0.2, 0.25) is 0 Å². The van der Waals surface area contributed by atoms with Crippen molar-refractivity contribution in [3.63, 3.8) is 0 Å². The van der Waals surface area contributed by atoms with Crippen molar-refractivity contribution in [2.24, 2.45) is 0 Å². The van der Waals surface area contributed by atoms with Crippen LogP contribution in [0.25, 0.3) is 0 Å². The molecule has 0 saturated heterocycles. The Morgan fingerprint density at radius 3 is 2.64 bits per heavy atom. The Hall–Kier alpha value is -0.890. The molecule has 1 aromatic rings. The summed E-state index contributed by atoms with van der Waals surface area (Å²) in [5.74, 6) is -0.252. The summed E-state index contributed by atoms with van der Waals surface area (Å²) in [7, 11) is 0. The van der Waals surface area contributed by atoms with Crippen molar-refractivity contribution in [1.82, 2.24) is 0 Å². The largest absolute Gasteiger partial charge is 0.385 e. The second-order valence-electron chi connectivity index (χ2n) is 4.04. The third-order valence-corrected chi connectivity index (χ3v) is 3.13.